The van der Waals surface area contributed by atoms with Crippen LogP contribution in [0.1, 0.15) is 17.4 Å². The van der Waals surface area contributed by atoms with E-state index in [4.69, 9.17) is 0 Å². The van der Waals surface area contributed by atoms with E-state index in [1.54, 1.807) is 25.4 Å². The van der Waals surface area contributed by atoms with Gasteiger partial charge >= 0.3 is 0 Å². The second-order valence-corrected chi connectivity index (χ2v) is 5.36. The van der Waals surface area contributed by atoms with Crippen LogP contribution in [-0.2, 0) is 11.3 Å². The summed E-state index contributed by atoms with van der Waals surface area (Å²) in [6.45, 7) is 5.75. The molecule has 0 fully saturated rings. The Labute approximate surface area is 118 Å². The van der Waals surface area contributed by atoms with E-state index in [-0.39, 0.29) is 12.5 Å². The Hall–Kier alpha value is -1.56. The normalized spacial score (nSPS) is 11.3. The molecule has 0 bridgehead atoms. The molecule has 19 heavy (non-hydrogen) atoms. The van der Waals surface area contributed by atoms with Gasteiger partial charge in [-0.15, -0.1) is 11.3 Å². The fourth-order valence-electron chi connectivity index (χ4n) is 1.38. The Balaban J connectivity index is 2.55. The molecule has 0 radical (unpaired) electrons. The van der Waals surface area contributed by atoms with Gasteiger partial charge in [0.05, 0.1) is 6.54 Å². The molecule has 6 heteroatoms. The van der Waals surface area contributed by atoms with Crippen LogP contribution in [0.2, 0.25) is 0 Å². The average molecular weight is 282 g/mol. The summed E-state index contributed by atoms with van der Waals surface area (Å²) < 4.78 is 0. The van der Waals surface area contributed by atoms with Gasteiger partial charge in [-0.25, -0.2) is 4.99 Å². The molecule has 1 heterocycles. The van der Waals surface area contributed by atoms with Crippen LogP contribution in [0.5, 0.6) is 0 Å². The third kappa shape index (κ3) is 5.30. The van der Waals surface area contributed by atoms with E-state index in [0.29, 0.717) is 5.96 Å². The van der Waals surface area contributed by atoms with Crippen LogP contribution in [0.4, 0.5) is 0 Å². The van der Waals surface area contributed by atoms with Gasteiger partial charge in [-0.05, 0) is 30.9 Å². The highest BCUT2D eigenvalue weighted by Crippen LogP contribution is 2.14. The number of nitrogens with zero attached hydrogens (tertiary/aromatic N) is 2. The first-order valence-corrected chi connectivity index (χ1v) is 7.17. The lowest BCUT2D eigenvalue weighted by molar-refractivity contribution is -0.127. The average Bonchev–Trinajstić information content (AvgIpc) is 2.78. The second-order valence-electron chi connectivity index (χ2n) is 4.36. The molecule has 1 aromatic rings. The van der Waals surface area contributed by atoms with Crippen LogP contribution in [0.3, 0.4) is 0 Å². The minimum absolute atomic E-state index is 0.00972. The number of amides is 1. The molecule has 2 N–H and O–H groups in total. The van der Waals surface area contributed by atoms with Crippen LogP contribution in [0.25, 0.3) is 0 Å². The molecule has 0 unspecified atom stereocenters. The van der Waals surface area contributed by atoms with Gasteiger partial charge in [0.1, 0.15) is 6.54 Å². The molecule has 1 aromatic heterocycles. The number of aliphatic imine (C=N–C) groups is 1. The molecule has 106 valence electrons. The number of aryl methyl sites for hydroxylation is 1. The molecule has 0 saturated heterocycles. The van der Waals surface area contributed by atoms with Gasteiger partial charge in [0.25, 0.3) is 0 Å². The Morgan fingerprint density at radius 2 is 2.16 bits per heavy atom. The van der Waals surface area contributed by atoms with Gasteiger partial charge in [-0.2, -0.15) is 0 Å². The van der Waals surface area contributed by atoms with Crippen LogP contribution in [0, 0.1) is 6.92 Å². The standard InChI is InChI=1S/C13H22N4OS/c1-5-14-13(16-9-12(18)17(3)4)15-8-11-10(2)6-7-19-11/h6-7H,5,8-9H2,1-4H3,(H2,14,15,16). The van der Waals surface area contributed by atoms with Crippen molar-refractivity contribution in [3.63, 3.8) is 0 Å². The molecular weight excluding hydrogens is 260 g/mol. The summed E-state index contributed by atoms with van der Waals surface area (Å²) in [5.74, 6) is 0.662. The summed E-state index contributed by atoms with van der Waals surface area (Å²) in [4.78, 5) is 18.6. The zero-order chi connectivity index (χ0) is 14.3. The highest BCUT2D eigenvalue weighted by Gasteiger charge is 2.05. The fraction of sp³-hybridized carbons (Fsp3) is 0.538. The first-order valence-electron chi connectivity index (χ1n) is 6.30. The lowest BCUT2D eigenvalue weighted by Gasteiger charge is -2.12. The van der Waals surface area contributed by atoms with Crippen molar-refractivity contribution in [1.82, 2.24) is 15.5 Å². The summed E-state index contributed by atoms with van der Waals surface area (Å²) in [7, 11) is 3.46. The van der Waals surface area contributed by atoms with Crippen LogP contribution in [-0.4, -0.2) is 44.0 Å². The lowest BCUT2D eigenvalue weighted by atomic mass is 10.3. The highest BCUT2D eigenvalue weighted by atomic mass is 32.1. The molecular formula is C13H22N4OS. The summed E-state index contributed by atoms with van der Waals surface area (Å²) in [6.07, 6.45) is 0. The van der Waals surface area contributed by atoms with Gasteiger partial charge in [-0.1, -0.05) is 0 Å². The number of carbonyl (C=O) groups is 1. The lowest BCUT2D eigenvalue weighted by Crippen LogP contribution is -2.38. The summed E-state index contributed by atoms with van der Waals surface area (Å²) in [6, 6.07) is 2.10. The van der Waals surface area contributed by atoms with Gasteiger partial charge in [0.2, 0.25) is 5.91 Å². The zero-order valence-corrected chi connectivity index (χ0v) is 12.8. The van der Waals surface area contributed by atoms with Crippen molar-refractivity contribution in [2.45, 2.75) is 20.4 Å². The molecule has 0 atom stereocenters. The molecule has 0 saturated carbocycles. The molecule has 1 rings (SSSR count). The van der Waals surface area contributed by atoms with E-state index in [2.05, 4.69) is 34.0 Å². The Morgan fingerprint density at radius 3 is 2.68 bits per heavy atom. The maximum absolute atomic E-state index is 11.5. The van der Waals surface area contributed by atoms with E-state index < -0.39 is 0 Å². The van der Waals surface area contributed by atoms with Crippen molar-refractivity contribution in [1.29, 1.82) is 0 Å². The van der Waals surface area contributed by atoms with Gasteiger partial charge in [0.15, 0.2) is 5.96 Å². The highest BCUT2D eigenvalue weighted by molar-refractivity contribution is 7.10. The molecule has 0 aromatic carbocycles. The summed E-state index contributed by atoms with van der Waals surface area (Å²) in [5, 5.41) is 8.44. The Morgan fingerprint density at radius 1 is 1.42 bits per heavy atom. The first kappa shape index (κ1) is 15.5. The topological polar surface area (TPSA) is 56.7 Å². The summed E-state index contributed by atoms with van der Waals surface area (Å²) >= 11 is 1.72. The van der Waals surface area contributed by atoms with Crippen LogP contribution >= 0.6 is 11.3 Å². The van der Waals surface area contributed by atoms with Gasteiger partial charge in [0, 0.05) is 25.5 Å². The van der Waals surface area contributed by atoms with E-state index in [1.165, 1.54) is 15.3 Å². The maximum atomic E-state index is 11.5. The molecule has 1 amide bonds. The third-order valence-corrected chi connectivity index (χ3v) is 3.62. The SMILES string of the molecule is CCNC(=NCC(=O)N(C)C)NCc1sccc1C. The predicted molar refractivity (Wildman–Crippen MR) is 80.6 cm³/mol. The number of carbonyl (C=O) groups excluding carboxylic acids is 1. The zero-order valence-electron chi connectivity index (χ0n) is 12.0. The summed E-state index contributed by atoms with van der Waals surface area (Å²) in [5.41, 5.74) is 1.28. The molecule has 0 aliphatic carbocycles. The van der Waals surface area contributed by atoms with Crippen molar-refractivity contribution >= 4 is 23.2 Å². The number of likely N-dealkylation sites (N-methyl/N-ethyl adjacent to an activating group) is 1. The molecule has 0 aliphatic rings. The van der Waals surface area contributed by atoms with Crippen molar-refractivity contribution in [2.24, 2.45) is 4.99 Å². The van der Waals surface area contributed by atoms with E-state index in [1.807, 2.05) is 6.92 Å². The van der Waals surface area contributed by atoms with Crippen molar-refractivity contribution < 1.29 is 4.79 Å². The van der Waals surface area contributed by atoms with E-state index in [0.717, 1.165) is 13.1 Å². The minimum atomic E-state index is -0.00972. The van der Waals surface area contributed by atoms with E-state index in [9.17, 15) is 4.79 Å². The number of thiophene rings is 1. The van der Waals surface area contributed by atoms with E-state index >= 15 is 0 Å². The monoisotopic (exact) mass is 282 g/mol. The van der Waals surface area contributed by atoms with Gasteiger partial charge < -0.3 is 15.5 Å². The number of hydrogen-bond donors (Lipinski definition) is 2. The van der Waals surface area contributed by atoms with Crippen LogP contribution < -0.4 is 10.6 Å². The largest absolute Gasteiger partial charge is 0.357 e. The van der Waals surface area contributed by atoms with Crippen molar-refractivity contribution in [3.05, 3.63) is 21.9 Å². The first-order chi connectivity index (χ1) is 9.04. The molecule has 0 aliphatic heterocycles. The van der Waals surface area contributed by atoms with Crippen molar-refractivity contribution in [2.75, 3.05) is 27.2 Å². The quantitative estimate of drug-likeness (QED) is 0.630. The number of nitrogens with one attached hydrogen (secondary N) is 2. The number of rotatable bonds is 5. The molecule has 0 spiro atoms. The molecule has 5 nitrogen and oxygen atoms in total. The number of hydrogen-bond acceptors (Lipinski definition) is 3. The van der Waals surface area contributed by atoms with Crippen molar-refractivity contribution in [3.8, 4) is 0 Å². The smallest absolute Gasteiger partial charge is 0.243 e. The van der Waals surface area contributed by atoms with Crippen LogP contribution in [0.15, 0.2) is 16.4 Å². The minimum Gasteiger partial charge on any atom is -0.357 e. The van der Waals surface area contributed by atoms with Gasteiger partial charge in [-0.3, -0.25) is 4.79 Å². The second kappa shape index (κ2) is 7.78. The Bertz CT molecular complexity index is 440. The third-order valence-electron chi connectivity index (χ3n) is 2.60. The number of guanidine groups is 1. The maximum Gasteiger partial charge on any atom is 0.243 e. The predicted octanol–water partition coefficient (Wildman–Crippen LogP) is 1.20. The fourth-order valence-corrected chi connectivity index (χ4v) is 2.22. The Kier molecular flexibility index (Phi) is 6.35.